The Morgan fingerprint density at radius 1 is 1.24 bits per heavy atom. The van der Waals surface area contributed by atoms with E-state index in [1.165, 1.54) is 0 Å². The van der Waals surface area contributed by atoms with Gasteiger partial charge in [-0.2, -0.15) is 5.26 Å². The van der Waals surface area contributed by atoms with E-state index in [2.05, 4.69) is 6.07 Å². The minimum atomic E-state index is -1.06. The van der Waals surface area contributed by atoms with Crippen LogP contribution in [0.5, 0.6) is 5.75 Å². The van der Waals surface area contributed by atoms with E-state index in [4.69, 9.17) is 10.00 Å². The molecule has 0 aliphatic rings. The number of methoxy groups -OCH3 is 1. The summed E-state index contributed by atoms with van der Waals surface area (Å²) in [5.41, 5.74) is -0.859. The molecule has 0 spiro atoms. The Labute approximate surface area is 103 Å². The average molecular weight is 233 g/mol. The highest BCUT2D eigenvalue weighted by Gasteiger charge is 2.39. The molecule has 0 saturated carbocycles. The van der Waals surface area contributed by atoms with Crippen molar-refractivity contribution >= 4 is 0 Å². The number of hydrogen-bond donors (Lipinski definition) is 1. The van der Waals surface area contributed by atoms with Crippen LogP contribution in [0.25, 0.3) is 0 Å². The van der Waals surface area contributed by atoms with Crippen LogP contribution in [0, 0.1) is 16.7 Å². The van der Waals surface area contributed by atoms with Crippen molar-refractivity contribution < 1.29 is 9.84 Å². The molecule has 3 heteroatoms. The summed E-state index contributed by atoms with van der Waals surface area (Å²) in [6, 6.07) is 9.66. The van der Waals surface area contributed by atoms with E-state index in [1.54, 1.807) is 27.9 Å². The Hall–Kier alpha value is -1.53. The van der Waals surface area contributed by atoms with Crippen LogP contribution in [-0.2, 0) is 6.42 Å². The monoisotopic (exact) mass is 233 g/mol. The van der Waals surface area contributed by atoms with Crippen LogP contribution in [0.3, 0.4) is 0 Å². The molecule has 1 aromatic rings. The molecule has 0 saturated heterocycles. The lowest BCUT2D eigenvalue weighted by molar-refractivity contribution is -0.0207. The van der Waals surface area contributed by atoms with Gasteiger partial charge in [0.1, 0.15) is 5.75 Å². The zero-order chi connectivity index (χ0) is 13.1. The molecular weight excluding hydrogens is 214 g/mol. The highest BCUT2D eigenvalue weighted by molar-refractivity contribution is 5.28. The number of nitriles is 1. The normalized spacial score (nSPS) is 14.8. The van der Waals surface area contributed by atoms with Crippen molar-refractivity contribution in [1.29, 1.82) is 5.26 Å². The van der Waals surface area contributed by atoms with Gasteiger partial charge in [-0.3, -0.25) is 0 Å². The summed E-state index contributed by atoms with van der Waals surface area (Å²) in [5.74, 6) is 0.785. The Kier molecular flexibility index (Phi) is 3.79. The lowest BCUT2D eigenvalue weighted by Crippen LogP contribution is -2.42. The maximum Gasteiger partial charge on any atom is 0.118 e. The second kappa shape index (κ2) is 4.77. The largest absolute Gasteiger partial charge is 0.497 e. The van der Waals surface area contributed by atoms with Gasteiger partial charge in [-0.15, -0.1) is 0 Å². The van der Waals surface area contributed by atoms with E-state index in [9.17, 15) is 5.11 Å². The molecule has 0 bridgehead atoms. The van der Waals surface area contributed by atoms with Gasteiger partial charge >= 0.3 is 0 Å². The molecule has 0 amide bonds. The van der Waals surface area contributed by atoms with Crippen LogP contribution in [0.2, 0.25) is 0 Å². The predicted octanol–water partition coefficient (Wildman–Crippen LogP) is 2.54. The molecule has 0 radical (unpaired) electrons. The fourth-order valence-electron chi connectivity index (χ4n) is 1.48. The van der Waals surface area contributed by atoms with Gasteiger partial charge in [-0.1, -0.05) is 12.1 Å². The maximum atomic E-state index is 10.4. The van der Waals surface area contributed by atoms with Gasteiger partial charge < -0.3 is 9.84 Å². The summed E-state index contributed by atoms with van der Waals surface area (Å²) in [7, 11) is 1.62. The van der Waals surface area contributed by atoms with Gasteiger partial charge in [0.15, 0.2) is 0 Å². The SMILES string of the molecule is COc1ccc(CC(C)(O)C(C)(C)C#N)cc1. The zero-order valence-electron chi connectivity index (χ0n) is 10.8. The van der Waals surface area contributed by atoms with Gasteiger partial charge in [0.05, 0.1) is 24.2 Å². The third-order valence-electron chi connectivity index (χ3n) is 3.33. The van der Waals surface area contributed by atoms with Crippen LogP contribution in [-0.4, -0.2) is 17.8 Å². The topological polar surface area (TPSA) is 53.2 Å². The molecule has 1 aromatic carbocycles. The van der Waals surface area contributed by atoms with E-state index in [1.807, 2.05) is 24.3 Å². The van der Waals surface area contributed by atoms with E-state index < -0.39 is 11.0 Å². The number of nitrogens with zero attached hydrogens (tertiary/aromatic N) is 1. The zero-order valence-corrected chi connectivity index (χ0v) is 10.8. The third-order valence-corrected chi connectivity index (χ3v) is 3.33. The summed E-state index contributed by atoms with van der Waals surface area (Å²) < 4.78 is 5.07. The number of benzene rings is 1. The first-order valence-corrected chi connectivity index (χ1v) is 5.59. The first kappa shape index (κ1) is 13.5. The Bertz CT molecular complexity index is 413. The van der Waals surface area contributed by atoms with Crippen molar-refractivity contribution in [3.8, 4) is 11.8 Å². The lowest BCUT2D eigenvalue weighted by Gasteiger charge is -2.34. The maximum absolute atomic E-state index is 10.4. The number of aliphatic hydroxyl groups is 1. The van der Waals surface area contributed by atoms with Gasteiger partial charge in [0.2, 0.25) is 0 Å². The molecule has 0 heterocycles. The molecule has 3 nitrogen and oxygen atoms in total. The van der Waals surface area contributed by atoms with Gasteiger partial charge in [-0.05, 0) is 38.5 Å². The van der Waals surface area contributed by atoms with Crippen molar-refractivity contribution in [2.45, 2.75) is 32.8 Å². The summed E-state index contributed by atoms with van der Waals surface area (Å²) in [5, 5.41) is 19.4. The standard InChI is InChI=1S/C14H19NO2/c1-13(2,10-15)14(3,16)9-11-5-7-12(17-4)8-6-11/h5-8,16H,9H2,1-4H3. The molecule has 1 rings (SSSR count). The highest BCUT2D eigenvalue weighted by Crippen LogP contribution is 2.33. The van der Waals surface area contributed by atoms with Crippen molar-refractivity contribution in [3.63, 3.8) is 0 Å². The first-order chi connectivity index (χ1) is 7.82. The lowest BCUT2D eigenvalue weighted by atomic mass is 9.74. The van der Waals surface area contributed by atoms with Crippen LogP contribution in [0.4, 0.5) is 0 Å². The number of rotatable bonds is 4. The molecule has 92 valence electrons. The van der Waals surface area contributed by atoms with E-state index in [0.29, 0.717) is 6.42 Å². The van der Waals surface area contributed by atoms with Gasteiger partial charge in [-0.25, -0.2) is 0 Å². The quantitative estimate of drug-likeness (QED) is 0.869. The van der Waals surface area contributed by atoms with Crippen LogP contribution in [0.1, 0.15) is 26.3 Å². The molecule has 17 heavy (non-hydrogen) atoms. The van der Waals surface area contributed by atoms with Crippen LogP contribution < -0.4 is 4.74 Å². The average Bonchev–Trinajstić information content (AvgIpc) is 2.29. The van der Waals surface area contributed by atoms with Crippen molar-refractivity contribution in [1.82, 2.24) is 0 Å². The highest BCUT2D eigenvalue weighted by atomic mass is 16.5. The van der Waals surface area contributed by atoms with Gasteiger partial charge in [0.25, 0.3) is 0 Å². The third kappa shape index (κ3) is 2.98. The van der Waals surface area contributed by atoms with Crippen LogP contribution in [0.15, 0.2) is 24.3 Å². The fraction of sp³-hybridized carbons (Fsp3) is 0.500. The van der Waals surface area contributed by atoms with Crippen molar-refractivity contribution in [2.24, 2.45) is 5.41 Å². The summed E-state index contributed by atoms with van der Waals surface area (Å²) in [6.07, 6.45) is 0.442. The molecule has 0 fully saturated rings. The molecule has 0 aromatic heterocycles. The minimum Gasteiger partial charge on any atom is -0.497 e. The molecule has 1 unspecified atom stereocenters. The molecule has 1 atom stereocenters. The summed E-state index contributed by atoms with van der Waals surface area (Å²) in [6.45, 7) is 5.19. The molecular formula is C14H19NO2. The molecule has 0 aliphatic carbocycles. The predicted molar refractivity (Wildman–Crippen MR) is 66.7 cm³/mol. The number of hydrogen-bond acceptors (Lipinski definition) is 3. The van der Waals surface area contributed by atoms with E-state index in [-0.39, 0.29) is 0 Å². The summed E-state index contributed by atoms with van der Waals surface area (Å²) >= 11 is 0. The second-order valence-corrected chi connectivity index (χ2v) is 5.04. The van der Waals surface area contributed by atoms with E-state index in [0.717, 1.165) is 11.3 Å². The Balaban J connectivity index is 2.87. The Morgan fingerprint density at radius 2 is 1.76 bits per heavy atom. The molecule has 0 aliphatic heterocycles. The molecule has 1 N–H and O–H groups in total. The second-order valence-electron chi connectivity index (χ2n) is 5.04. The minimum absolute atomic E-state index is 0.442. The van der Waals surface area contributed by atoms with Crippen molar-refractivity contribution in [2.75, 3.05) is 7.11 Å². The van der Waals surface area contributed by atoms with Gasteiger partial charge in [0, 0.05) is 6.42 Å². The smallest absolute Gasteiger partial charge is 0.118 e. The number of ether oxygens (including phenoxy) is 1. The van der Waals surface area contributed by atoms with Crippen LogP contribution >= 0.6 is 0 Å². The van der Waals surface area contributed by atoms with Crippen molar-refractivity contribution in [3.05, 3.63) is 29.8 Å². The Morgan fingerprint density at radius 3 is 2.18 bits per heavy atom. The first-order valence-electron chi connectivity index (χ1n) is 5.59. The summed E-state index contributed by atoms with van der Waals surface area (Å²) in [4.78, 5) is 0. The van der Waals surface area contributed by atoms with E-state index >= 15 is 0 Å². The fourth-order valence-corrected chi connectivity index (χ4v) is 1.48.